The number of anilines is 1. The zero-order chi connectivity index (χ0) is 18.4. The summed E-state index contributed by atoms with van der Waals surface area (Å²) in [4.78, 5) is 38.5. The van der Waals surface area contributed by atoms with Gasteiger partial charge in [-0.1, -0.05) is 31.2 Å². The smallest absolute Gasteiger partial charge is 0.245 e. The summed E-state index contributed by atoms with van der Waals surface area (Å²) < 4.78 is 0. The van der Waals surface area contributed by atoms with E-state index in [0.29, 0.717) is 0 Å². The summed E-state index contributed by atoms with van der Waals surface area (Å²) in [5.41, 5.74) is 1.81. The molecule has 130 valence electrons. The molecule has 1 heterocycles. The first kappa shape index (κ1) is 18.4. The number of nitrogens with zero attached hydrogens (tertiary/aromatic N) is 2. The highest BCUT2D eigenvalue weighted by Gasteiger charge is 2.40. The van der Waals surface area contributed by atoms with E-state index in [1.54, 1.807) is 11.0 Å². The maximum Gasteiger partial charge on any atom is 0.245 e. The van der Waals surface area contributed by atoms with E-state index >= 15 is 0 Å². The van der Waals surface area contributed by atoms with Crippen molar-refractivity contribution in [3.8, 4) is 6.07 Å². The van der Waals surface area contributed by atoms with Crippen LogP contribution in [0.1, 0.15) is 18.9 Å². The maximum absolute atomic E-state index is 12.6. The average Bonchev–Trinajstić information content (AvgIpc) is 3.02. The second kappa shape index (κ2) is 8.25. The van der Waals surface area contributed by atoms with E-state index in [-0.39, 0.29) is 25.4 Å². The van der Waals surface area contributed by atoms with Crippen LogP contribution in [0, 0.1) is 23.2 Å². The predicted molar refractivity (Wildman–Crippen MR) is 93.6 cm³/mol. The van der Waals surface area contributed by atoms with E-state index in [9.17, 15) is 19.6 Å². The molecule has 1 N–H and O–H groups in total. The van der Waals surface area contributed by atoms with Crippen LogP contribution in [-0.2, 0) is 20.8 Å². The lowest BCUT2D eigenvalue weighted by Gasteiger charge is -2.20. The van der Waals surface area contributed by atoms with E-state index in [0.717, 1.165) is 17.7 Å². The average molecular weight is 339 g/mol. The first-order valence-electron chi connectivity index (χ1n) is 8.23. The van der Waals surface area contributed by atoms with Gasteiger partial charge in [-0.25, -0.2) is 0 Å². The summed E-state index contributed by atoms with van der Waals surface area (Å²) in [5.74, 6) is -3.38. The Bertz CT molecular complexity index is 736. The van der Waals surface area contributed by atoms with Crippen LogP contribution in [0.2, 0.25) is 0 Å². The van der Waals surface area contributed by atoms with Gasteiger partial charge in [0, 0.05) is 31.1 Å². The number of nitrogens with one attached hydrogen (secondary N) is 1. The minimum Gasteiger partial charge on any atom is -0.351 e. The molecule has 1 aromatic rings. The molecule has 1 aliphatic heterocycles. The Balaban J connectivity index is 2.16. The van der Waals surface area contributed by atoms with Crippen molar-refractivity contribution >= 4 is 23.3 Å². The minimum absolute atomic E-state index is 0.0177. The highest BCUT2D eigenvalue weighted by Crippen LogP contribution is 2.30. The van der Waals surface area contributed by atoms with Gasteiger partial charge in [0.2, 0.25) is 11.8 Å². The van der Waals surface area contributed by atoms with Crippen LogP contribution < -0.4 is 10.2 Å². The zero-order valence-electron chi connectivity index (χ0n) is 14.2. The van der Waals surface area contributed by atoms with Gasteiger partial charge in [-0.05, 0) is 18.1 Å². The van der Waals surface area contributed by atoms with Crippen molar-refractivity contribution in [1.29, 1.82) is 5.26 Å². The van der Waals surface area contributed by atoms with Crippen molar-refractivity contribution in [2.24, 2.45) is 11.8 Å². The van der Waals surface area contributed by atoms with Crippen LogP contribution in [0.4, 0.5) is 5.69 Å². The van der Waals surface area contributed by atoms with E-state index in [1.807, 2.05) is 31.2 Å². The number of hydrogen-bond acceptors (Lipinski definition) is 4. The van der Waals surface area contributed by atoms with Crippen molar-refractivity contribution < 1.29 is 14.4 Å². The van der Waals surface area contributed by atoms with E-state index in [1.165, 1.54) is 6.08 Å². The first-order chi connectivity index (χ1) is 12.0. The van der Waals surface area contributed by atoms with Gasteiger partial charge in [-0.15, -0.1) is 6.58 Å². The molecule has 0 saturated carbocycles. The van der Waals surface area contributed by atoms with Gasteiger partial charge < -0.3 is 10.2 Å². The number of benzene rings is 1. The van der Waals surface area contributed by atoms with E-state index in [2.05, 4.69) is 11.9 Å². The molecule has 0 aliphatic carbocycles. The quantitative estimate of drug-likeness (QED) is 0.604. The number of amides is 2. The fourth-order valence-corrected chi connectivity index (χ4v) is 2.97. The van der Waals surface area contributed by atoms with Gasteiger partial charge in [-0.3, -0.25) is 14.4 Å². The molecule has 0 radical (unpaired) electrons. The summed E-state index contributed by atoms with van der Waals surface area (Å²) >= 11 is 0. The third kappa shape index (κ3) is 3.94. The van der Waals surface area contributed by atoms with Crippen molar-refractivity contribution in [2.75, 3.05) is 18.0 Å². The fraction of sp³-hybridized carbons (Fsp3) is 0.368. The highest BCUT2D eigenvalue weighted by molar-refractivity contribution is 6.09. The number of para-hydroxylation sites is 1. The third-order valence-electron chi connectivity index (χ3n) is 4.29. The lowest BCUT2D eigenvalue weighted by atomic mass is 9.92. The summed E-state index contributed by atoms with van der Waals surface area (Å²) in [5, 5.41) is 11.7. The molecule has 1 saturated heterocycles. The third-order valence-corrected chi connectivity index (χ3v) is 4.29. The number of nitriles is 1. The van der Waals surface area contributed by atoms with Crippen LogP contribution in [0.15, 0.2) is 36.9 Å². The number of ketones is 1. The molecule has 2 atom stereocenters. The lowest BCUT2D eigenvalue weighted by Crippen LogP contribution is -2.38. The first-order valence-corrected chi connectivity index (χ1v) is 8.23. The lowest BCUT2D eigenvalue weighted by molar-refractivity contribution is -0.134. The Kier molecular flexibility index (Phi) is 6.07. The van der Waals surface area contributed by atoms with Crippen molar-refractivity contribution in [2.45, 2.75) is 19.8 Å². The van der Waals surface area contributed by atoms with Gasteiger partial charge in [0.1, 0.15) is 0 Å². The number of carbonyl (C=O) groups is 3. The monoisotopic (exact) mass is 339 g/mol. The Hall–Kier alpha value is -2.94. The Morgan fingerprint density at radius 3 is 2.84 bits per heavy atom. The van der Waals surface area contributed by atoms with Crippen LogP contribution in [0.5, 0.6) is 0 Å². The molecule has 1 fully saturated rings. The largest absolute Gasteiger partial charge is 0.351 e. The Labute approximate surface area is 147 Å². The number of carbonyl (C=O) groups excluding carboxylic acids is 3. The van der Waals surface area contributed by atoms with Crippen molar-refractivity contribution in [3.05, 3.63) is 42.5 Å². The molecular weight excluding hydrogens is 318 g/mol. The molecule has 0 aromatic heterocycles. The summed E-state index contributed by atoms with van der Waals surface area (Å²) in [7, 11) is 0. The van der Waals surface area contributed by atoms with Crippen molar-refractivity contribution in [1.82, 2.24) is 5.32 Å². The summed E-state index contributed by atoms with van der Waals surface area (Å²) in [6.07, 6.45) is 2.26. The molecule has 2 amide bonds. The standard InChI is InChI=1S/C19H21N3O3/c1-3-9-21-19(25)15(11-20)18(24)14-10-17(23)22(12-14)16-8-6-5-7-13(16)4-2/h3,5-8,14-15H,1,4,9-10,12H2,2H3,(H,21,25)/t14-,15+/m0/s1. The SMILES string of the molecule is C=CCNC(=O)[C@H](C#N)C(=O)[C@H]1CC(=O)N(c2ccccc2CC)C1. The molecular formula is C19H21N3O3. The van der Waals surface area contributed by atoms with Gasteiger partial charge in [0.05, 0.1) is 6.07 Å². The van der Waals surface area contributed by atoms with Crippen LogP contribution in [0.3, 0.4) is 0 Å². The number of rotatable bonds is 7. The second-order valence-corrected chi connectivity index (χ2v) is 5.89. The molecule has 2 rings (SSSR count). The Morgan fingerprint density at radius 2 is 2.20 bits per heavy atom. The number of aryl methyl sites for hydroxylation is 1. The molecule has 0 spiro atoms. The molecule has 0 unspecified atom stereocenters. The predicted octanol–water partition coefficient (Wildman–Crippen LogP) is 1.61. The molecule has 1 aromatic carbocycles. The van der Waals surface area contributed by atoms with Crippen LogP contribution >= 0.6 is 0 Å². The molecule has 25 heavy (non-hydrogen) atoms. The van der Waals surface area contributed by atoms with E-state index < -0.39 is 23.5 Å². The zero-order valence-corrected chi connectivity index (χ0v) is 14.2. The van der Waals surface area contributed by atoms with Crippen LogP contribution in [-0.4, -0.2) is 30.7 Å². The van der Waals surface area contributed by atoms with Gasteiger partial charge in [-0.2, -0.15) is 5.26 Å². The van der Waals surface area contributed by atoms with E-state index in [4.69, 9.17) is 0 Å². The second-order valence-electron chi connectivity index (χ2n) is 5.89. The number of hydrogen-bond donors (Lipinski definition) is 1. The topological polar surface area (TPSA) is 90.3 Å². The van der Waals surface area contributed by atoms with Gasteiger partial charge in [0.15, 0.2) is 11.7 Å². The summed E-state index contributed by atoms with van der Waals surface area (Å²) in [6.45, 7) is 5.85. The van der Waals surface area contributed by atoms with Crippen LogP contribution in [0.25, 0.3) is 0 Å². The number of Topliss-reactive ketones (excluding diaryl/α,β-unsaturated/α-hetero) is 1. The maximum atomic E-state index is 12.6. The molecule has 6 heteroatoms. The molecule has 0 bridgehead atoms. The molecule has 6 nitrogen and oxygen atoms in total. The fourth-order valence-electron chi connectivity index (χ4n) is 2.97. The summed E-state index contributed by atoms with van der Waals surface area (Å²) in [6, 6.07) is 9.29. The Morgan fingerprint density at radius 1 is 1.48 bits per heavy atom. The molecule has 1 aliphatic rings. The van der Waals surface area contributed by atoms with Gasteiger partial charge >= 0.3 is 0 Å². The normalized spacial score (nSPS) is 17.7. The van der Waals surface area contributed by atoms with Gasteiger partial charge in [0.25, 0.3) is 0 Å². The minimum atomic E-state index is -1.40. The van der Waals surface area contributed by atoms with Crippen molar-refractivity contribution in [3.63, 3.8) is 0 Å². The highest BCUT2D eigenvalue weighted by atomic mass is 16.2.